The van der Waals surface area contributed by atoms with E-state index in [9.17, 15) is 9.59 Å². The molecule has 2 heterocycles. The summed E-state index contributed by atoms with van der Waals surface area (Å²) in [5.41, 5.74) is -0.354. The van der Waals surface area contributed by atoms with Gasteiger partial charge in [-0.15, -0.1) is 12.3 Å². The highest BCUT2D eigenvalue weighted by atomic mass is 16.2. The van der Waals surface area contributed by atoms with Gasteiger partial charge in [0.05, 0.1) is 0 Å². The minimum atomic E-state index is -0.354. The average Bonchev–Trinajstić information content (AvgIpc) is 3.25. The van der Waals surface area contributed by atoms with E-state index in [1.54, 1.807) is 23.1 Å². The van der Waals surface area contributed by atoms with Crippen molar-refractivity contribution in [2.75, 3.05) is 6.54 Å². The first-order chi connectivity index (χ1) is 13.5. The van der Waals surface area contributed by atoms with Crippen molar-refractivity contribution in [2.45, 2.75) is 69.6 Å². The second-order valence-electron chi connectivity index (χ2n) is 7.65. The number of hydrogen-bond donors (Lipinski definition) is 2. The molecule has 2 N–H and O–H groups in total. The van der Waals surface area contributed by atoms with E-state index < -0.39 is 0 Å². The molecule has 0 bridgehead atoms. The predicted molar refractivity (Wildman–Crippen MR) is 104 cm³/mol. The van der Waals surface area contributed by atoms with Crippen molar-refractivity contribution < 1.29 is 9.59 Å². The quantitative estimate of drug-likeness (QED) is 0.638. The smallest absolute Gasteiger partial charge is 0.244 e. The summed E-state index contributed by atoms with van der Waals surface area (Å²) in [6.45, 7) is 2.39. The minimum Gasteiger partial charge on any atom is -0.356 e. The Kier molecular flexibility index (Phi) is 6.45. The molecule has 0 radical (unpaired) electrons. The third-order valence-electron chi connectivity index (χ3n) is 5.62. The van der Waals surface area contributed by atoms with Crippen molar-refractivity contribution in [3.8, 4) is 12.3 Å². The van der Waals surface area contributed by atoms with Crippen LogP contribution in [-0.4, -0.2) is 39.8 Å². The van der Waals surface area contributed by atoms with Crippen molar-refractivity contribution in [1.29, 1.82) is 0 Å². The Hall–Kier alpha value is -2.69. The van der Waals surface area contributed by atoms with Gasteiger partial charge in [0.1, 0.15) is 6.04 Å². The summed E-state index contributed by atoms with van der Waals surface area (Å²) in [6.07, 6.45) is 14.0. The third-order valence-corrected chi connectivity index (χ3v) is 5.62. The van der Waals surface area contributed by atoms with E-state index in [4.69, 9.17) is 6.42 Å². The van der Waals surface area contributed by atoms with E-state index in [1.165, 1.54) is 0 Å². The molecule has 0 saturated heterocycles. The molecule has 1 aromatic heterocycles. The lowest BCUT2D eigenvalue weighted by Gasteiger charge is -2.29. The van der Waals surface area contributed by atoms with Crippen LogP contribution in [0.4, 0.5) is 0 Å². The summed E-state index contributed by atoms with van der Waals surface area (Å²) in [5.74, 6) is 2.66. The lowest BCUT2D eigenvalue weighted by Crippen LogP contribution is -2.43. The van der Waals surface area contributed by atoms with Gasteiger partial charge in [-0.05, 0) is 38.7 Å². The van der Waals surface area contributed by atoms with E-state index in [0.717, 1.165) is 32.1 Å². The van der Waals surface area contributed by atoms with Gasteiger partial charge in [-0.2, -0.15) is 15.3 Å². The molecule has 1 unspecified atom stereocenters. The minimum absolute atomic E-state index is 0.00595. The number of nitrogens with one attached hydrogen (secondary N) is 2. The number of carbonyl (C=O) groups is 2. The summed E-state index contributed by atoms with van der Waals surface area (Å²) < 4.78 is 1.64. The van der Waals surface area contributed by atoms with Crippen LogP contribution in [0, 0.1) is 18.3 Å². The molecule has 8 heteroatoms. The molecular weight excluding hydrogens is 356 g/mol. The normalized spacial score (nSPS) is 23.4. The highest BCUT2D eigenvalue weighted by Gasteiger charge is 2.39. The van der Waals surface area contributed by atoms with Gasteiger partial charge < -0.3 is 10.6 Å². The van der Waals surface area contributed by atoms with Crippen molar-refractivity contribution in [2.24, 2.45) is 16.1 Å². The fraction of sp³-hybridized carbons (Fsp3) is 0.650. The van der Waals surface area contributed by atoms with Crippen molar-refractivity contribution in [1.82, 2.24) is 20.4 Å². The zero-order chi connectivity index (χ0) is 20.0. The van der Waals surface area contributed by atoms with Gasteiger partial charge in [-0.1, -0.05) is 0 Å². The van der Waals surface area contributed by atoms with Crippen LogP contribution in [0.5, 0.6) is 0 Å². The molecule has 8 nitrogen and oxygen atoms in total. The molecule has 2 aliphatic rings. The SMILES string of the molecule is C#CCCC1(CCNC(=O)C2CCC(NC(=O)C(C)n3cccn3)CC2)N=N1. The maximum atomic E-state index is 12.4. The first kappa shape index (κ1) is 20.1. The van der Waals surface area contributed by atoms with Crippen LogP contribution in [0.25, 0.3) is 0 Å². The van der Waals surface area contributed by atoms with E-state index in [0.29, 0.717) is 19.4 Å². The summed E-state index contributed by atoms with van der Waals surface area (Å²) in [5, 5.41) is 18.4. The van der Waals surface area contributed by atoms with E-state index in [-0.39, 0.29) is 35.5 Å². The monoisotopic (exact) mass is 384 g/mol. The molecule has 2 amide bonds. The molecule has 1 aliphatic heterocycles. The van der Waals surface area contributed by atoms with Crippen LogP contribution >= 0.6 is 0 Å². The summed E-state index contributed by atoms with van der Waals surface area (Å²) in [7, 11) is 0. The molecule has 0 spiro atoms. The second kappa shape index (κ2) is 9.00. The molecule has 28 heavy (non-hydrogen) atoms. The van der Waals surface area contributed by atoms with Crippen LogP contribution in [0.1, 0.15) is 57.9 Å². The summed E-state index contributed by atoms with van der Waals surface area (Å²) >= 11 is 0. The van der Waals surface area contributed by atoms with E-state index >= 15 is 0 Å². The maximum Gasteiger partial charge on any atom is 0.244 e. The topological polar surface area (TPSA) is 101 Å². The van der Waals surface area contributed by atoms with Crippen LogP contribution in [-0.2, 0) is 9.59 Å². The van der Waals surface area contributed by atoms with Crippen molar-refractivity contribution in [3.05, 3.63) is 18.5 Å². The van der Waals surface area contributed by atoms with E-state index in [2.05, 4.69) is 31.9 Å². The fourth-order valence-electron chi connectivity index (χ4n) is 3.65. The molecule has 0 aromatic carbocycles. The van der Waals surface area contributed by atoms with Gasteiger partial charge in [0.2, 0.25) is 11.8 Å². The number of amides is 2. The number of rotatable bonds is 9. The van der Waals surface area contributed by atoms with Crippen molar-refractivity contribution >= 4 is 11.8 Å². The molecule has 1 atom stereocenters. The Labute approximate surface area is 165 Å². The number of nitrogens with zero attached hydrogens (tertiary/aromatic N) is 4. The lowest BCUT2D eigenvalue weighted by atomic mass is 9.85. The highest BCUT2D eigenvalue weighted by Crippen LogP contribution is 2.36. The van der Waals surface area contributed by atoms with Gasteiger partial charge in [0.25, 0.3) is 0 Å². The highest BCUT2D eigenvalue weighted by molar-refractivity contribution is 5.80. The first-order valence-electron chi connectivity index (χ1n) is 9.98. The average molecular weight is 384 g/mol. The predicted octanol–water partition coefficient (Wildman–Crippen LogP) is 2.20. The van der Waals surface area contributed by atoms with Gasteiger partial charge in [-0.3, -0.25) is 14.3 Å². The number of terminal acetylenes is 1. The Morgan fingerprint density at radius 2 is 2.04 bits per heavy atom. The molecular formula is C20H28N6O2. The molecule has 1 aromatic rings. The molecule has 1 saturated carbocycles. The number of hydrogen-bond acceptors (Lipinski definition) is 5. The van der Waals surface area contributed by atoms with Gasteiger partial charge in [0, 0.05) is 50.2 Å². The van der Waals surface area contributed by atoms with E-state index in [1.807, 2.05) is 6.92 Å². The third kappa shape index (κ3) is 5.18. The second-order valence-corrected chi connectivity index (χ2v) is 7.65. The van der Waals surface area contributed by atoms with Gasteiger partial charge in [0.15, 0.2) is 5.66 Å². The van der Waals surface area contributed by atoms with Crippen LogP contribution in [0.2, 0.25) is 0 Å². The fourth-order valence-corrected chi connectivity index (χ4v) is 3.65. The van der Waals surface area contributed by atoms with Crippen LogP contribution < -0.4 is 10.6 Å². The summed E-state index contributed by atoms with van der Waals surface area (Å²) in [4.78, 5) is 24.8. The molecule has 1 fully saturated rings. The van der Waals surface area contributed by atoms with Crippen molar-refractivity contribution in [3.63, 3.8) is 0 Å². The van der Waals surface area contributed by atoms with Gasteiger partial charge >= 0.3 is 0 Å². The Bertz CT molecular complexity index is 737. The first-order valence-corrected chi connectivity index (χ1v) is 9.98. The maximum absolute atomic E-state index is 12.4. The zero-order valence-electron chi connectivity index (χ0n) is 16.3. The van der Waals surface area contributed by atoms with Gasteiger partial charge in [-0.25, -0.2) is 0 Å². The Morgan fingerprint density at radius 1 is 1.29 bits per heavy atom. The Balaban J connectivity index is 1.34. The standard InChI is InChI=1S/C20H28N6O2/c1-3-4-10-20(24-25-20)11-13-21-19(28)16-6-8-17(9-7-16)23-18(27)15(2)26-14-5-12-22-26/h1,5,12,14-17H,4,6-11,13H2,2H3,(H,21,28)(H,23,27). The molecule has 1 aliphatic carbocycles. The van der Waals surface area contributed by atoms with Crippen LogP contribution in [0.3, 0.4) is 0 Å². The largest absolute Gasteiger partial charge is 0.356 e. The zero-order valence-corrected chi connectivity index (χ0v) is 16.3. The summed E-state index contributed by atoms with van der Waals surface area (Å²) in [6, 6.07) is 1.58. The molecule has 3 rings (SSSR count). The Morgan fingerprint density at radius 3 is 2.64 bits per heavy atom. The lowest BCUT2D eigenvalue weighted by molar-refractivity contribution is -0.126. The molecule has 150 valence electrons. The number of carbonyl (C=O) groups excluding carboxylic acids is 2. The van der Waals surface area contributed by atoms with Crippen LogP contribution in [0.15, 0.2) is 28.7 Å². The number of aromatic nitrogens is 2.